The lowest BCUT2D eigenvalue weighted by Gasteiger charge is -2.07. The van der Waals surface area contributed by atoms with E-state index >= 15 is 0 Å². The normalized spacial score (nSPS) is 12.8. The van der Waals surface area contributed by atoms with E-state index < -0.39 is 21.9 Å². The Morgan fingerprint density at radius 1 is 1.13 bits per heavy atom. The molecule has 0 radical (unpaired) electrons. The fraction of sp³-hybridized carbons (Fsp3) is 0.250. The van der Waals surface area contributed by atoms with Crippen LogP contribution in [0.25, 0.3) is 0 Å². The molecule has 1 aromatic carbocycles. The highest BCUT2D eigenvalue weighted by atomic mass is 32.2. The maximum absolute atomic E-state index is 12.1. The molecule has 0 spiro atoms. The number of alkyl halides is 3. The van der Waals surface area contributed by atoms with Crippen molar-refractivity contribution in [1.29, 1.82) is 0 Å². The number of benzene rings is 1. The molecule has 0 aliphatic rings. The van der Waals surface area contributed by atoms with Crippen molar-refractivity contribution in [2.24, 2.45) is 0 Å². The number of hydrogen-bond acceptors (Lipinski definition) is 3. The minimum atomic E-state index is -4.48. The van der Waals surface area contributed by atoms with Gasteiger partial charge in [-0.15, -0.1) is 0 Å². The summed E-state index contributed by atoms with van der Waals surface area (Å²) < 4.78 is 62.6. The molecule has 0 unspecified atom stereocenters. The van der Waals surface area contributed by atoms with Crippen LogP contribution in [-0.2, 0) is 20.5 Å². The Hall–Kier alpha value is -1.08. The average Bonchev–Trinajstić information content (AvgIpc) is 2.17. The molecule has 0 amide bonds. The van der Waals surface area contributed by atoms with E-state index in [-0.39, 0.29) is 4.90 Å². The molecule has 0 aliphatic heterocycles. The fourth-order valence-electron chi connectivity index (χ4n) is 0.907. The van der Waals surface area contributed by atoms with Crippen LogP contribution >= 0.6 is 0 Å². The Balaban J connectivity index is 3.12. The topological polar surface area (TPSA) is 43.4 Å². The molecular weight excluding hydrogens is 233 g/mol. The predicted molar refractivity (Wildman–Crippen MR) is 45.6 cm³/mol. The summed E-state index contributed by atoms with van der Waals surface area (Å²) in [6.07, 6.45) is -4.48. The standard InChI is InChI=1S/C8H7F3O3S/c1-14-15(12,13)7-4-2-6(3-5-7)8(9,10)11/h2-5H,1H3. The third-order valence-electron chi connectivity index (χ3n) is 1.69. The molecule has 0 N–H and O–H groups in total. The maximum Gasteiger partial charge on any atom is 0.416 e. The van der Waals surface area contributed by atoms with Gasteiger partial charge in [0.25, 0.3) is 10.1 Å². The lowest BCUT2D eigenvalue weighted by atomic mass is 10.2. The minimum Gasteiger partial charge on any atom is -0.270 e. The average molecular weight is 240 g/mol. The molecule has 84 valence electrons. The first kappa shape index (κ1) is 12.0. The van der Waals surface area contributed by atoms with E-state index in [1.165, 1.54) is 0 Å². The second-order valence-electron chi connectivity index (χ2n) is 2.64. The second kappa shape index (κ2) is 3.82. The van der Waals surface area contributed by atoms with Gasteiger partial charge in [-0.1, -0.05) is 0 Å². The van der Waals surface area contributed by atoms with Gasteiger partial charge < -0.3 is 0 Å². The zero-order valence-electron chi connectivity index (χ0n) is 7.58. The predicted octanol–water partition coefficient (Wildman–Crippen LogP) is 2.04. The van der Waals surface area contributed by atoms with Crippen molar-refractivity contribution < 1.29 is 25.8 Å². The van der Waals surface area contributed by atoms with Gasteiger partial charge >= 0.3 is 6.18 Å². The summed E-state index contributed by atoms with van der Waals surface area (Å²) in [7, 11) is -2.99. The Labute approximate surface area is 84.6 Å². The molecule has 3 nitrogen and oxygen atoms in total. The SMILES string of the molecule is COS(=O)(=O)c1ccc(C(F)(F)F)cc1. The summed E-state index contributed by atoms with van der Waals surface area (Å²) in [4.78, 5) is -0.307. The molecular formula is C8H7F3O3S. The van der Waals surface area contributed by atoms with Gasteiger partial charge in [0, 0.05) is 0 Å². The Kier molecular flexibility index (Phi) is 3.05. The van der Waals surface area contributed by atoms with Crippen molar-refractivity contribution in [2.75, 3.05) is 7.11 Å². The van der Waals surface area contributed by atoms with Crippen LogP contribution in [0.4, 0.5) is 13.2 Å². The van der Waals surface area contributed by atoms with Gasteiger partial charge in [-0.05, 0) is 24.3 Å². The third kappa shape index (κ3) is 2.69. The van der Waals surface area contributed by atoms with Crippen molar-refractivity contribution >= 4 is 10.1 Å². The van der Waals surface area contributed by atoms with Crippen molar-refractivity contribution in [3.8, 4) is 0 Å². The molecule has 0 fully saturated rings. The molecule has 1 aromatic rings. The zero-order chi connectivity index (χ0) is 11.7. The highest BCUT2D eigenvalue weighted by Gasteiger charge is 2.30. The molecule has 0 atom stereocenters. The van der Waals surface area contributed by atoms with Crippen molar-refractivity contribution in [3.05, 3.63) is 29.8 Å². The molecule has 0 saturated heterocycles. The van der Waals surface area contributed by atoms with E-state index in [0.29, 0.717) is 12.1 Å². The molecule has 7 heteroatoms. The van der Waals surface area contributed by atoms with Crippen LogP contribution in [0.15, 0.2) is 29.2 Å². The van der Waals surface area contributed by atoms with E-state index in [9.17, 15) is 21.6 Å². The molecule has 0 saturated carbocycles. The summed E-state index contributed by atoms with van der Waals surface area (Å²) >= 11 is 0. The van der Waals surface area contributed by atoms with Crippen LogP contribution in [0.1, 0.15) is 5.56 Å². The monoisotopic (exact) mass is 240 g/mol. The quantitative estimate of drug-likeness (QED) is 0.743. The Bertz CT molecular complexity index is 433. The largest absolute Gasteiger partial charge is 0.416 e. The van der Waals surface area contributed by atoms with E-state index in [1.807, 2.05) is 0 Å². The van der Waals surface area contributed by atoms with E-state index in [4.69, 9.17) is 0 Å². The molecule has 0 aliphatic carbocycles. The van der Waals surface area contributed by atoms with E-state index in [0.717, 1.165) is 19.2 Å². The van der Waals surface area contributed by atoms with Gasteiger partial charge in [-0.3, -0.25) is 4.18 Å². The zero-order valence-corrected chi connectivity index (χ0v) is 8.39. The first-order valence-corrected chi connectivity index (χ1v) is 5.16. The van der Waals surface area contributed by atoms with Gasteiger partial charge in [0.1, 0.15) is 0 Å². The van der Waals surface area contributed by atoms with Crippen LogP contribution in [0, 0.1) is 0 Å². The van der Waals surface area contributed by atoms with Crippen molar-refractivity contribution in [3.63, 3.8) is 0 Å². The molecule has 15 heavy (non-hydrogen) atoms. The lowest BCUT2D eigenvalue weighted by molar-refractivity contribution is -0.137. The van der Waals surface area contributed by atoms with Crippen molar-refractivity contribution in [2.45, 2.75) is 11.1 Å². The highest BCUT2D eigenvalue weighted by Crippen LogP contribution is 2.29. The summed E-state index contributed by atoms with van der Waals surface area (Å²) in [5, 5.41) is 0. The third-order valence-corrected chi connectivity index (χ3v) is 2.98. The second-order valence-corrected chi connectivity index (χ2v) is 4.36. The maximum atomic E-state index is 12.1. The van der Waals surface area contributed by atoms with Crippen LogP contribution < -0.4 is 0 Å². The summed E-state index contributed by atoms with van der Waals surface area (Å²) in [6, 6.07) is 3.07. The van der Waals surface area contributed by atoms with Gasteiger partial charge in [0.2, 0.25) is 0 Å². The minimum absolute atomic E-state index is 0.307. The first-order chi connectivity index (χ1) is 6.77. The number of halogens is 3. The van der Waals surface area contributed by atoms with Gasteiger partial charge in [0.05, 0.1) is 17.6 Å². The van der Waals surface area contributed by atoms with Crippen LogP contribution in [0.3, 0.4) is 0 Å². The van der Waals surface area contributed by atoms with Gasteiger partial charge in [-0.25, -0.2) is 0 Å². The van der Waals surface area contributed by atoms with Crippen LogP contribution in [0.5, 0.6) is 0 Å². The lowest BCUT2D eigenvalue weighted by Crippen LogP contribution is -2.07. The summed E-state index contributed by atoms with van der Waals surface area (Å²) in [5.74, 6) is 0. The van der Waals surface area contributed by atoms with Crippen molar-refractivity contribution in [1.82, 2.24) is 0 Å². The summed E-state index contributed by atoms with van der Waals surface area (Å²) in [6.45, 7) is 0. The Morgan fingerprint density at radius 2 is 1.60 bits per heavy atom. The van der Waals surface area contributed by atoms with Gasteiger partial charge in [0.15, 0.2) is 0 Å². The van der Waals surface area contributed by atoms with E-state index in [1.54, 1.807) is 0 Å². The molecule has 0 aromatic heterocycles. The summed E-state index contributed by atoms with van der Waals surface area (Å²) in [5.41, 5.74) is -0.905. The smallest absolute Gasteiger partial charge is 0.270 e. The Morgan fingerprint density at radius 3 is 1.93 bits per heavy atom. The van der Waals surface area contributed by atoms with Crippen LogP contribution in [0.2, 0.25) is 0 Å². The van der Waals surface area contributed by atoms with Crippen LogP contribution in [-0.4, -0.2) is 15.5 Å². The van der Waals surface area contributed by atoms with Gasteiger partial charge in [-0.2, -0.15) is 21.6 Å². The molecule has 0 bridgehead atoms. The highest BCUT2D eigenvalue weighted by molar-refractivity contribution is 7.86. The fourth-order valence-corrected chi connectivity index (χ4v) is 1.57. The molecule has 0 heterocycles. The molecule has 1 rings (SSSR count). The number of rotatable bonds is 2. The number of hydrogen-bond donors (Lipinski definition) is 0. The first-order valence-electron chi connectivity index (χ1n) is 3.75. The van der Waals surface area contributed by atoms with E-state index in [2.05, 4.69) is 4.18 Å².